The first-order valence-corrected chi connectivity index (χ1v) is 9.47. The van der Waals surface area contributed by atoms with Gasteiger partial charge in [-0.15, -0.1) is 0 Å². The predicted octanol–water partition coefficient (Wildman–Crippen LogP) is 2.03. The van der Waals surface area contributed by atoms with Crippen molar-refractivity contribution in [3.8, 4) is 0 Å². The predicted molar refractivity (Wildman–Crippen MR) is 93.5 cm³/mol. The van der Waals surface area contributed by atoms with Crippen LogP contribution in [0.3, 0.4) is 0 Å². The van der Waals surface area contributed by atoms with Crippen LogP contribution < -0.4 is 0 Å². The molecule has 1 aliphatic rings. The Kier molecular flexibility index (Phi) is 6.77. The molecule has 6 heteroatoms. The highest BCUT2D eigenvalue weighted by Gasteiger charge is 2.26. The van der Waals surface area contributed by atoms with E-state index < -0.39 is 10.0 Å². The van der Waals surface area contributed by atoms with Gasteiger partial charge in [-0.25, -0.2) is 8.42 Å². The van der Waals surface area contributed by atoms with Gasteiger partial charge in [-0.05, 0) is 38.6 Å². The summed E-state index contributed by atoms with van der Waals surface area (Å²) in [7, 11) is 0.673. The maximum Gasteiger partial charge on any atom is 0.236 e. The van der Waals surface area contributed by atoms with Crippen LogP contribution in [0.2, 0.25) is 0 Å². The molecule has 0 spiro atoms. The molecule has 1 aromatic carbocycles. The Morgan fingerprint density at radius 1 is 1.22 bits per heavy atom. The number of nitrogens with zero attached hydrogens (tertiary/aromatic N) is 2. The van der Waals surface area contributed by atoms with Gasteiger partial charge in [-0.1, -0.05) is 30.3 Å². The van der Waals surface area contributed by atoms with Gasteiger partial charge in [0.1, 0.15) is 0 Å². The highest BCUT2D eigenvalue weighted by atomic mass is 32.2. The second-order valence-electron chi connectivity index (χ2n) is 6.03. The molecule has 0 aromatic heterocycles. The Morgan fingerprint density at radius 2 is 1.87 bits per heavy atom. The quantitative estimate of drug-likeness (QED) is 0.763. The van der Waals surface area contributed by atoms with E-state index in [0.29, 0.717) is 19.7 Å². The van der Waals surface area contributed by atoms with E-state index in [1.165, 1.54) is 9.71 Å². The van der Waals surface area contributed by atoms with Crippen LogP contribution in [0.25, 0.3) is 6.08 Å². The second kappa shape index (κ2) is 8.59. The van der Waals surface area contributed by atoms with Crippen LogP contribution in [0, 0.1) is 0 Å². The smallest absolute Gasteiger partial charge is 0.236 e. The molecule has 0 N–H and O–H groups in total. The molecule has 2 rings (SSSR count). The highest BCUT2D eigenvalue weighted by molar-refractivity contribution is 7.92. The van der Waals surface area contributed by atoms with Crippen molar-refractivity contribution in [2.75, 3.05) is 40.3 Å². The molecule has 23 heavy (non-hydrogen) atoms. The van der Waals surface area contributed by atoms with Crippen molar-refractivity contribution >= 4 is 16.1 Å². The van der Waals surface area contributed by atoms with Gasteiger partial charge in [-0.3, -0.25) is 0 Å². The van der Waals surface area contributed by atoms with Gasteiger partial charge in [0.25, 0.3) is 0 Å². The normalized spacial score (nSPS) is 18.0. The van der Waals surface area contributed by atoms with Gasteiger partial charge >= 0.3 is 0 Å². The lowest BCUT2D eigenvalue weighted by atomic mass is 10.1. The Bertz CT molecular complexity index is 592. The number of hydrogen-bond acceptors (Lipinski definition) is 4. The molecular weight excluding hydrogens is 312 g/mol. The van der Waals surface area contributed by atoms with Gasteiger partial charge in [-0.2, -0.15) is 4.31 Å². The topological polar surface area (TPSA) is 49.9 Å². The molecular formula is C17H26N2O3S. The molecule has 0 atom stereocenters. The van der Waals surface area contributed by atoms with E-state index in [-0.39, 0.29) is 6.10 Å². The monoisotopic (exact) mass is 338 g/mol. The Balaban J connectivity index is 1.83. The first kappa shape index (κ1) is 18.1. The van der Waals surface area contributed by atoms with Crippen LogP contribution in [-0.4, -0.2) is 64.1 Å². The number of rotatable bonds is 7. The molecule has 0 unspecified atom stereocenters. The summed E-state index contributed by atoms with van der Waals surface area (Å²) in [6.07, 6.45) is 3.33. The van der Waals surface area contributed by atoms with Crippen molar-refractivity contribution in [1.82, 2.24) is 9.21 Å². The summed E-state index contributed by atoms with van der Waals surface area (Å²) in [5.74, 6) is 0. The molecule has 0 amide bonds. The molecule has 0 aliphatic carbocycles. The molecule has 0 radical (unpaired) electrons. The molecule has 128 valence electrons. The number of piperidine rings is 1. The van der Waals surface area contributed by atoms with Crippen LogP contribution in [0.5, 0.6) is 0 Å². The summed E-state index contributed by atoms with van der Waals surface area (Å²) >= 11 is 0. The third-order valence-electron chi connectivity index (χ3n) is 3.88. The lowest BCUT2D eigenvalue weighted by Gasteiger charge is -2.30. The van der Waals surface area contributed by atoms with E-state index in [2.05, 4.69) is 4.90 Å². The minimum Gasteiger partial charge on any atom is -0.377 e. The number of hydrogen-bond donors (Lipinski definition) is 0. The fraction of sp³-hybridized carbons (Fsp3) is 0.529. The van der Waals surface area contributed by atoms with Gasteiger partial charge in [0, 0.05) is 25.0 Å². The van der Waals surface area contributed by atoms with Gasteiger partial charge in [0.15, 0.2) is 0 Å². The molecule has 5 nitrogen and oxygen atoms in total. The van der Waals surface area contributed by atoms with Gasteiger partial charge in [0.05, 0.1) is 12.7 Å². The molecule has 0 bridgehead atoms. The standard InChI is InChI=1S/C17H26N2O3S/c1-18(2)13-14-22-17-8-11-19(12-9-17)23(20,21)15-10-16-6-4-3-5-7-16/h3-7,10,15,17H,8-9,11-14H2,1-2H3/b15-10-. The van der Waals surface area contributed by atoms with Crippen LogP contribution in [0.4, 0.5) is 0 Å². The molecule has 1 aliphatic heterocycles. The summed E-state index contributed by atoms with van der Waals surface area (Å²) in [6, 6.07) is 9.46. The largest absolute Gasteiger partial charge is 0.377 e. The molecule has 1 fully saturated rings. The van der Waals surface area contributed by atoms with Crippen LogP contribution >= 0.6 is 0 Å². The number of ether oxygens (including phenoxy) is 1. The molecule has 1 heterocycles. The zero-order chi connectivity index (χ0) is 16.7. The van der Waals surface area contributed by atoms with E-state index in [1.807, 2.05) is 44.4 Å². The minimum atomic E-state index is -3.35. The third kappa shape index (κ3) is 6.06. The van der Waals surface area contributed by atoms with Crippen molar-refractivity contribution in [2.24, 2.45) is 0 Å². The Hall–Kier alpha value is -1.21. The second-order valence-corrected chi connectivity index (χ2v) is 7.85. The average Bonchev–Trinajstić information content (AvgIpc) is 2.54. The maximum atomic E-state index is 12.4. The van der Waals surface area contributed by atoms with Crippen LogP contribution in [0.15, 0.2) is 35.7 Å². The fourth-order valence-corrected chi connectivity index (χ4v) is 3.69. The van der Waals surface area contributed by atoms with E-state index in [9.17, 15) is 8.42 Å². The lowest BCUT2D eigenvalue weighted by molar-refractivity contribution is 0.0150. The Labute approximate surface area is 139 Å². The average molecular weight is 338 g/mol. The Morgan fingerprint density at radius 3 is 2.48 bits per heavy atom. The minimum absolute atomic E-state index is 0.166. The number of benzene rings is 1. The van der Waals surface area contributed by atoms with Crippen LogP contribution in [0.1, 0.15) is 18.4 Å². The summed E-state index contributed by atoms with van der Waals surface area (Å²) in [4.78, 5) is 2.08. The highest BCUT2D eigenvalue weighted by Crippen LogP contribution is 2.18. The molecule has 0 saturated carbocycles. The summed E-state index contributed by atoms with van der Waals surface area (Å²) in [6.45, 7) is 2.62. The van der Waals surface area contributed by atoms with Crippen molar-refractivity contribution in [3.05, 3.63) is 41.3 Å². The summed E-state index contributed by atoms with van der Waals surface area (Å²) in [5.41, 5.74) is 0.887. The lowest BCUT2D eigenvalue weighted by Crippen LogP contribution is -2.40. The SMILES string of the molecule is CN(C)CCOC1CCN(S(=O)(=O)/C=C\c2ccccc2)CC1. The van der Waals surface area contributed by atoms with E-state index >= 15 is 0 Å². The summed E-state index contributed by atoms with van der Waals surface area (Å²) in [5, 5.41) is 1.30. The van der Waals surface area contributed by atoms with Gasteiger partial charge < -0.3 is 9.64 Å². The first-order chi connectivity index (χ1) is 11.0. The summed E-state index contributed by atoms with van der Waals surface area (Å²) < 4.78 is 32.1. The van der Waals surface area contributed by atoms with Crippen molar-refractivity contribution in [2.45, 2.75) is 18.9 Å². The van der Waals surface area contributed by atoms with E-state index in [1.54, 1.807) is 6.08 Å². The zero-order valence-corrected chi connectivity index (χ0v) is 14.7. The maximum absolute atomic E-state index is 12.4. The first-order valence-electron chi connectivity index (χ1n) is 7.97. The van der Waals surface area contributed by atoms with Crippen molar-refractivity contribution < 1.29 is 13.2 Å². The van der Waals surface area contributed by atoms with Crippen molar-refractivity contribution in [1.29, 1.82) is 0 Å². The number of likely N-dealkylation sites (N-methyl/N-ethyl adjacent to an activating group) is 1. The molecule has 1 saturated heterocycles. The van der Waals surface area contributed by atoms with Crippen LogP contribution in [-0.2, 0) is 14.8 Å². The third-order valence-corrected chi connectivity index (χ3v) is 5.45. The fourth-order valence-electron chi connectivity index (χ4n) is 2.47. The number of sulfonamides is 1. The zero-order valence-electron chi connectivity index (χ0n) is 13.9. The van der Waals surface area contributed by atoms with E-state index in [4.69, 9.17) is 4.74 Å². The molecule has 1 aromatic rings. The van der Waals surface area contributed by atoms with E-state index in [0.717, 1.165) is 24.9 Å². The van der Waals surface area contributed by atoms with Gasteiger partial charge in [0.2, 0.25) is 10.0 Å². The van der Waals surface area contributed by atoms with Crippen molar-refractivity contribution in [3.63, 3.8) is 0 Å².